The van der Waals surface area contributed by atoms with E-state index in [-0.39, 0.29) is 18.9 Å². The van der Waals surface area contributed by atoms with E-state index in [1.165, 1.54) is 0 Å². The first-order chi connectivity index (χ1) is 17.9. The van der Waals surface area contributed by atoms with Gasteiger partial charge in [0, 0.05) is 25.9 Å². The molecule has 0 fully saturated rings. The van der Waals surface area contributed by atoms with Gasteiger partial charge in [-0.05, 0) is 43.4 Å². The molecule has 2 amide bonds. The average molecular weight is 503 g/mol. The number of nitrogens with one attached hydrogen (secondary N) is 1. The molecule has 0 radical (unpaired) electrons. The maximum absolute atomic E-state index is 12.3. The molecule has 0 aliphatic rings. The van der Waals surface area contributed by atoms with E-state index in [2.05, 4.69) is 17.2 Å². The number of nitrogens with zero attached hydrogens (tertiary/aromatic N) is 2. The Morgan fingerprint density at radius 3 is 2.30 bits per heavy atom. The summed E-state index contributed by atoms with van der Waals surface area (Å²) in [6.07, 6.45) is 1.21. The lowest BCUT2D eigenvalue weighted by atomic mass is 9.76. The number of ether oxygens (including phenoxy) is 1. The van der Waals surface area contributed by atoms with E-state index in [0.29, 0.717) is 32.4 Å². The summed E-state index contributed by atoms with van der Waals surface area (Å²) in [4.78, 5) is 26.1. The highest BCUT2D eigenvalue weighted by atomic mass is 16.5. The monoisotopic (exact) mass is 503 g/mol. The number of nitriles is 1. The zero-order valence-corrected chi connectivity index (χ0v) is 21.4. The summed E-state index contributed by atoms with van der Waals surface area (Å²) in [5.74, 6) is 3.64. The van der Waals surface area contributed by atoms with Crippen molar-refractivity contribution in [1.29, 1.82) is 5.26 Å². The van der Waals surface area contributed by atoms with Gasteiger partial charge in [0.25, 0.3) is 5.91 Å². The number of rotatable bonds is 12. The van der Waals surface area contributed by atoms with E-state index < -0.39 is 25.1 Å². The largest absolute Gasteiger partial charge is 0.475 e. The summed E-state index contributed by atoms with van der Waals surface area (Å²) in [5, 5.41) is 31.0. The van der Waals surface area contributed by atoms with E-state index in [4.69, 9.17) is 4.74 Å². The molecular weight excluding hydrogens is 469 g/mol. The second kappa shape index (κ2) is 16.1. The van der Waals surface area contributed by atoms with Gasteiger partial charge in [-0.15, -0.1) is 5.92 Å². The Hall–Kier alpha value is -3.79. The number of carbonyl (C=O) groups excluding carboxylic acids is 2. The molecular formula is C28H34BN3O5. The summed E-state index contributed by atoms with van der Waals surface area (Å²) in [7, 11) is -1.72. The quantitative estimate of drug-likeness (QED) is 0.302. The molecule has 0 aliphatic heterocycles. The van der Waals surface area contributed by atoms with Crippen LogP contribution in [-0.2, 0) is 28.8 Å². The molecule has 8 nitrogen and oxygen atoms in total. The third-order valence-electron chi connectivity index (χ3n) is 5.81. The number of amides is 2. The van der Waals surface area contributed by atoms with Crippen LogP contribution in [0.5, 0.6) is 0 Å². The molecule has 37 heavy (non-hydrogen) atoms. The van der Waals surface area contributed by atoms with Crippen LogP contribution >= 0.6 is 0 Å². The van der Waals surface area contributed by atoms with Gasteiger partial charge >= 0.3 is 13.2 Å². The van der Waals surface area contributed by atoms with Crippen LogP contribution in [0.15, 0.2) is 54.6 Å². The van der Waals surface area contributed by atoms with Gasteiger partial charge in [-0.3, -0.25) is 4.79 Å². The van der Waals surface area contributed by atoms with Crippen molar-refractivity contribution in [2.45, 2.75) is 45.5 Å². The Kier molecular flexibility index (Phi) is 12.8. The molecule has 2 aromatic rings. The second-order valence-corrected chi connectivity index (χ2v) is 8.45. The Labute approximate surface area is 219 Å². The Morgan fingerprint density at radius 2 is 1.68 bits per heavy atom. The molecule has 0 saturated heterocycles. The van der Waals surface area contributed by atoms with E-state index in [1.807, 2.05) is 74.5 Å². The maximum Gasteiger partial charge on any atom is 0.475 e. The van der Waals surface area contributed by atoms with Crippen molar-refractivity contribution in [1.82, 2.24) is 10.2 Å². The number of hydrogen-bond donors (Lipinski definition) is 3. The molecule has 0 bridgehead atoms. The lowest BCUT2D eigenvalue weighted by Gasteiger charge is -2.19. The van der Waals surface area contributed by atoms with Gasteiger partial charge in [-0.1, -0.05) is 60.5 Å². The fourth-order valence-electron chi connectivity index (χ4n) is 3.74. The minimum Gasteiger partial charge on any atom is -0.449 e. The SMILES string of the molecule is CCN(CC)C(=O)C(C#N)C#CCCc1cccc(CCOC(=O)N[C@@H](Cc2ccccc2)B(O)O)c1. The van der Waals surface area contributed by atoms with Gasteiger partial charge in [0.05, 0.1) is 18.6 Å². The van der Waals surface area contributed by atoms with E-state index in [1.54, 1.807) is 4.90 Å². The average Bonchev–Trinajstić information content (AvgIpc) is 2.90. The predicted molar refractivity (Wildman–Crippen MR) is 142 cm³/mol. The number of hydrogen-bond acceptors (Lipinski definition) is 6. The first-order valence-corrected chi connectivity index (χ1v) is 12.5. The Bertz CT molecular complexity index is 1100. The lowest BCUT2D eigenvalue weighted by molar-refractivity contribution is -0.131. The molecule has 194 valence electrons. The highest BCUT2D eigenvalue weighted by Gasteiger charge is 2.26. The fraction of sp³-hybridized carbons (Fsp3) is 0.393. The lowest BCUT2D eigenvalue weighted by Crippen LogP contribution is -2.48. The molecule has 3 N–H and O–H groups in total. The normalized spacial score (nSPS) is 11.8. The summed E-state index contributed by atoms with van der Waals surface area (Å²) >= 11 is 0. The molecule has 2 aromatic carbocycles. The third-order valence-corrected chi connectivity index (χ3v) is 5.81. The molecule has 0 aromatic heterocycles. The van der Waals surface area contributed by atoms with Crippen molar-refractivity contribution in [2.24, 2.45) is 5.92 Å². The summed E-state index contributed by atoms with van der Waals surface area (Å²) < 4.78 is 5.24. The molecule has 0 saturated carbocycles. The summed E-state index contributed by atoms with van der Waals surface area (Å²) in [6, 6.07) is 19.0. The number of carbonyl (C=O) groups is 2. The predicted octanol–water partition coefficient (Wildman–Crippen LogP) is 2.52. The van der Waals surface area contributed by atoms with Crippen molar-refractivity contribution in [3.63, 3.8) is 0 Å². The van der Waals surface area contributed by atoms with Crippen LogP contribution in [-0.4, -0.2) is 59.7 Å². The Morgan fingerprint density at radius 1 is 1.03 bits per heavy atom. The van der Waals surface area contributed by atoms with Crippen LogP contribution < -0.4 is 5.32 Å². The minimum atomic E-state index is -1.72. The van der Waals surface area contributed by atoms with Crippen LogP contribution in [0.3, 0.4) is 0 Å². The van der Waals surface area contributed by atoms with Gasteiger partial charge in [-0.2, -0.15) is 5.26 Å². The smallest absolute Gasteiger partial charge is 0.449 e. The molecule has 2 atom stereocenters. The van der Waals surface area contributed by atoms with Crippen LogP contribution in [0.1, 0.15) is 37.0 Å². The van der Waals surface area contributed by atoms with Crippen LogP contribution in [0.25, 0.3) is 0 Å². The highest BCUT2D eigenvalue weighted by Crippen LogP contribution is 2.10. The molecule has 9 heteroatoms. The minimum absolute atomic E-state index is 0.131. The third kappa shape index (κ3) is 10.4. The summed E-state index contributed by atoms with van der Waals surface area (Å²) in [6.45, 7) is 4.97. The topological polar surface area (TPSA) is 123 Å². The van der Waals surface area contributed by atoms with Crippen LogP contribution in [0, 0.1) is 29.1 Å². The van der Waals surface area contributed by atoms with Gasteiger partial charge < -0.3 is 25.0 Å². The number of benzene rings is 2. The van der Waals surface area contributed by atoms with E-state index >= 15 is 0 Å². The van der Waals surface area contributed by atoms with Crippen LogP contribution in [0.4, 0.5) is 4.79 Å². The van der Waals surface area contributed by atoms with Crippen molar-refractivity contribution >= 4 is 19.1 Å². The van der Waals surface area contributed by atoms with Crippen molar-refractivity contribution < 1.29 is 24.4 Å². The second-order valence-electron chi connectivity index (χ2n) is 8.45. The van der Waals surface area contributed by atoms with Gasteiger partial charge in [0.15, 0.2) is 5.92 Å². The van der Waals surface area contributed by atoms with Gasteiger partial charge in [0.1, 0.15) is 0 Å². The zero-order chi connectivity index (χ0) is 27.0. The Balaban J connectivity index is 1.81. The molecule has 2 rings (SSSR count). The standard InChI is InChI=1S/C28H34BN3O5/c1-3-32(4-2)27(33)25(21-30)16-9-8-13-22-14-10-15-24(19-22)17-18-37-28(34)31-26(29(35)36)20-23-11-6-5-7-12-23/h5-7,10-12,14-15,19,25-26,35-36H,3-4,8,13,17-18,20H2,1-2H3,(H,31,34)/t25?,26-/m0/s1. The molecule has 0 spiro atoms. The zero-order valence-electron chi connectivity index (χ0n) is 21.4. The van der Waals surface area contributed by atoms with E-state index in [0.717, 1.165) is 16.7 Å². The van der Waals surface area contributed by atoms with Gasteiger partial charge in [-0.25, -0.2) is 4.79 Å². The summed E-state index contributed by atoms with van der Waals surface area (Å²) in [5.41, 5.74) is 2.89. The first kappa shape index (κ1) is 29.4. The number of aryl methyl sites for hydroxylation is 1. The van der Waals surface area contributed by atoms with Crippen molar-refractivity contribution in [3.8, 4) is 17.9 Å². The van der Waals surface area contributed by atoms with Gasteiger partial charge in [0.2, 0.25) is 0 Å². The van der Waals surface area contributed by atoms with Crippen molar-refractivity contribution in [3.05, 3.63) is 71.3 Å². The maximum atomic E-state index is 12.3. The molecule has 1 unspecified atom stereocenters. The molecule has 0 aliphatic carbocycles. The number of alkyl carbamates (subject to hydrolysis) is 1. The van der Waals surface area contributed by atoms with E-state index in [9.17, 15) is 24.9 Å². The molecule has 0 heterocycles. The fourth-order valence-corrected chi connectivity index (χ4v) is 3.74. The van der Waals surface area contributed by atoms with Crippen LogP contribution in [0.2, 0.25) is 0 Å². The first-order valence-electron chi connectivity index (χ1n) is 12.5. The van der Waals surface area contributed by atoms with Crippen molar-refractivity contribution in [2.75, 3.05) is 19.7 Å². The highest BCUT2D eigenvalue weighted by molar-refractivity contribution is 6.43.